The topological polar surface area (TPSA) is 75.8 Å². The van der Waals surface area contributed by atoms with E-state index in [1.165, 1.54) is 17.0 Å². The van der Waals surface area contributed by atoms with E-state index < -0.39 is 6.03 Å². The number of carbonyl (C=O) groups excluding carboxylic acids is 1. The number of amides is 2. The van der Waals surface area contributed by atoms with Crippen molar-refractivity contribution in [3.05, 3.63) is 22.2 Å². The summed E-state index contributed by atoms with van der Waals surface area (Å²) in [6.45, 7) is 3.07. The standard InChI is InChI=1S/C12H16Cl2N2O3/c1-2-3-16(12(15)18)4-5-19-11-9(13)6-8(17)7-10(11)14/h6-7,17H,2-5H2,1H3,(H2,15,18). The number of nitrogens with two attached hydrogens (primary N) is 1. The van der Waals surface area contributed by atoms with Crippen LogP contribution < -0.4 is 10.5 Å². The zero-order chi connectivity index (χ0) is 14.4. The summed E-state index contributed by atoms with van der Waals surface area (Å²) in [5, 5.41) is 9.71. The maximum absolute atomic E-state index is 11.1. The maximum Gasteiger partial charge on any atom is 0.314 e. The molecule has 0 aliphatic heterocycles. The molecule has 0 aliphatic carbocycles. The van der Waals surface area contributed by atoms with Crippen LogP contribution in [0.25, 0.3) is 0 Å². The number of rotatable bonds is 6. The number of hydrogen-bond donors (Lipinski definition) is 2. The molecule has 1 aromatic rings. The van der Waals surface area contributed by atoms with Gasteiger partial charge in [0.25, 0.3) is 0 Å². The summed E-state index contributed by atoms with van der Waals surface area (Å²) in [7, 11) is 0. The Hall–Kier alpha value is -1.33. The van der Waals surface area contributed by atoms with E-state index in [0.717, 1.165) is 6.42 Å². The van der Waals surface area contributed by atoms with Gasteiger partial charge in [-0.05, 0) is 6.42 Å². The predicted molar refractivity (Wildman–Crippen MR) is 75.1 cm³/mol. The first-order valence-corrected chi connectivity index (χ1v) is 6.56. The van der Waals surface area contributed by atoms with E-state index >= 15 is 0 Å². The maximum atomic E-state index is 11.1. The Morgan fingerprint density at radius 3 is 2.42 bits per heavy atom. The first-order chi connectivity index (χ1) is 8.95. The highest BCUT2D eigenvalue weighted by molar-refractivity contribution is 6.37. The van der Waals surface area contributed by atoms with Crippen molar-refractivity contribution in [2.24, 2.45) is 5.73 Å². The number of benzene rings is 1. The predicted octanol–water partition coefficient (Wildman–Crippen LogP) is 2.87. The van der Waals surface area contributed by atoms with Gasteiger partial charge in [0.2, 0.25) is 0 Å². The Kier molecular flexibility index (Phi) is 6.05. The van der Waals surface area contributed by atoms with Crippen LogP contribution in [0.4, 0.5) is 4.79 Å². The summed E-state index contributed by atoms with van der Waals surface area (Å²) in [5.74, 6) is 0.245. The molecule has 7 heteroatoms. The van der Waals surface area contributed by atoms with Crippen LogP contribution in [0, 0.1) is 0 Å². The zero-order valence-corrected chi connectivity index (χ0v) is 12.0. The van der Waals surface area contributed by atoms with Gasteiger partial charge in [-0.1, -0.05) is 30.1 Å². The Balaban J connectivity index is 2.60. The Morgan fingerprint density at radius 2 is 1.95 bits per heavy atom. The van der Waals surface area contributed by atoms with Crippen LogP contribution in [-0.4, -0.2) is 35.7 Å². The van der Waals surface area contributed by atoms with Crippen molar-refractivity contribution in [3.8, 4) is 11.5 Å². The number of nitrogens with zero attached hydrogens (tertiary/aromatic N) is 1. The summed E-state index contributed by atoms with van der Waals surface area (Å²) < 4.78 is 5.43. The molecule has 19 heavy (non-hydrogen) atoms. The molecule has 3 N–H and O–H groups in total. The SMILES string of the molecule is CCCN(CCOc1c(Cl)cc(O)cc1Cl)C(N)=O. The van der Waals surface area contributed by atoms with Gasteiger partial charge in [-0.25, -0.2) is 4.79 Å². The quantitative estimate of drug-likeness (QED) is 0.848. The molecule has 0 heterocycles. The third kappa shape index (κ3) is 4.69. The molecule has 0 spiro atoms. The molecule has 0 saturated carbocycles. The number of carbonyl (C=O) groups is 1. The van der Waals surface area contributed by atoms with Gasteiger partial charge in [0.15, 0.2) is 5.75 Å². The van der Waals surface area contributed by atoms with Gasteiger partial charge in [0.1, 0.15) is 12.4 Å². The van der Waals surface area contributed by atoms with Gasteiger partial charge in [-0.3, -0.25) is 0 Å². The van der Waals surface area contributed by atoms with Crippen molar-refractivity contribution < 1.29 is 14.6 Å². The summed E-state index contributed by atoms with van der Waals surface area (Å²) in [4.78, 5) is 12.6. The third-order valence-electron chi connectivity index (χ3n) is 2.40. The van der Waals surface area contributed by atoms with Crippen LogP contribution in [0.5, 0.6) is 11.5 Å². The molecule has 0 radical (unpaired) electrons. The van der Waals surface area contributed by atoms with E-state index in [0.29, 0.717) is 13.1 Å². The lowest BCUT2D eigenvalue weighted by molar-refractivity contribution is 0.191. The second-order valence-corrected chi connectivity index (χ2v) is 4.73. The average Bonchev–Trinajstić information content (AvgIpc) is 2.30. The second-order valence-electron chi connectivity index (χ2n) is 3.91. The fourth-order valence-corrected chi connectivity index (χ4v) is 2.13. The summed E-state index contributed by atoms with van der Waals surface area (Å²) >= 11 is 11.8. The van der Waals surface area contributed by atoms with E-state index in [4.69, 9.17) is 33.7 Å². The molecule has 0 unspecified atom stereocenters. The van der Waals surface area contributed by atoms with E-state index in [2.05, 4.69) is 0 Å². The molecular formula is C12H16Cl2N2O3. The number of ether oxygens (including phenoxy) is 1. The van der Waals surface area contributed by atoms with Crippen LogP contribution in [0.2, 0.25) is 10.0 Å². The molecule has 0 bridgehead atoms. The van der Waals surface area contributed by atoms with Gasteiger partial charge in [-0.2, -0.15) is 0 Å². The minimum atomic E-state index is -0.492. The van der Waals surface area contributed by atoms with E-state index in [9.17, 15) is 9.90 Å². The normalized spacial score (nSPS) is 10.3. The van der Waals surface area contributed by atoms with Crippen LogP contribution in [0.15, 0.2) is 12.1 Å². The van der Waals surface area contributed by atoms with Gasteiger partial charge in [-0.15, -0.1) is 0 Å². The Morgan fingerprint density at radius 1 is 1.37 bits per heavy atom. The largest absolute Gasteiger partial charge is 0.508 e. The van der Waals surface area contributed by atoms with E-state index in [-0.39, 0.29) is 28.2 Å². The summed E-state index contributed by atoms with van der Waals surface area (Å²) in [5.41, 5.74) is 5.23. The van der Waals surface area contributed by atoms with E-state index in [1.54, 1.807) is 0 Å². The summed E-state index contributed by atoms with van der Waals surface area (Å²) in [6.07, 6.45) is 0.809. The highest BCUT2D eigenvalue weighted by Gasteiger charge is 2.12. The van der Waals surface area contributed by atoms with Crippen molar-refractivity contribution in [1.82, 2.24) is 4.90 Å². The van der Waals surface area contributed by atoms with Gasteiger partial charge in [0.05, 0.1) is 16.6 Å². The number of aromatic hydroxyl groups is 1. The van der Waals surface area contributed by atoms with Crippen LogP contribution in [-0.2, 0) is 0 Å². The fourth-order valence-electron chi connectivity index (χ4n) is 1.54. The number of hydrogen-bond acceptors (Lipinski definition) is 3. The first-order valence-electron chi connectivity index (χ1n) is 5.81. The van der Waals surface area contributed by atoms with Crippen molar-refractivity contribution in [3.63, 3.8) is 0 Å². The molecule has 0 atom stereocenters. The molecule has 0 saturated heterocycles. The minimum Gasteiger partial charge on any atom is -0.508 e. The van der Waals surface area contributed by atoms with Crippen LogP contribution in [0.3, 0.4) is 0 Å². The fraction of sp³-hybridized carbons (Fsp3) is 0.417. The second kappa shape index (κ2) is 7.31. The van der Waals surface area contributed by atoms with Crippen LogP contribution >= 0.6 is 23.2 Å². The third-order valence-corrected chi connectivity index (χ3v) is 2.96. The van der Waals surface area contributed by atoms with Crippen molar-refractivity contribution in [2.45, 2.75) is 13.3 Å². The van der Waals surface area contributed by atoms with Crippen molar-refractivity contribution >= 4 is 29.2 Å². The Labute approximate surface area is 121 Å². The number of primary amides is 1. The lowest BCUT2D eigenvalue weighted by Gasteiger charge is -2.20. The minimum absolute atomic E-state index is 0.0351. The number of phenols is 1. The number of halogens is 2. The molecule has 0 aliphatic rings. The molecule has 106 valence electrons. The Bertz CT molecular complexity index is 432. The van der Waals surface area contributed by atoms with Crippen LogP contribution in [0.1, 0.15) is 13.3 Å². The molecule has 1 rings (SSSR count). The molecule has 0 aromatic heterocycles. The first kappa shape index (κ1) is 15.7. The molecule has 5 nitrogen and oxygen atoms in total. The van der Waals surface area contributed by atoms with Gasteiger partial charge in [0, 0.05) is 18.7 Å². The number of urea groups is 1. The molecule has 0 fully saturated rings. The lowest BCUT2D eigenvalue weighted by Crippen LogP contribution is -2.39. The van der Waals surface area contributed by atoms with Crippen molar-refractivity contribution in [2.75, 3.05) is 19.7 Å². The highest BCUT2D eigenvalue weighted by atomic mass is 35.5. The molecular weight excluding hydrogens is 291 g/mol. The molecule has 2 amide bonds. The zero-order valence-electron chi connectivity index (χ0n) is 10.5. The lowest BCUT2D eigenvalue weighted by atomic mass is 10.3. The highest BCUT2D eigenvalue weighted by Crippen LogP contribution is 2.36. The van der Waals surface area contributed by atoms with Gasteiger partial charge < -0.3 is 20.5 Å². The van der Waals surface area contributed by atoms with Crippen molar-refractivity contribution in [1.29, 1.82) is 0 Å². The smallest absolute Gasteiger partial charge is 0.314 e. The number of phenolic OH excluding ortho intramolecular Hbond substituents is 1. The monoisotopic (exact) mass is 306 g/mol. The molecule has 1 aromatic carbocycles. The van der Waals surface area contributed by atoms with Gasteiger partial charge >= 0.3 is 6.03 Å². The summed E-state index contributed by atoms with van der Waals surface area (Å²) in [6, 6.07) is 2.18. The average molecular weight is 307 g/mol. The van der Waals surface area contributed by atoms with E-state index in [1.807, 2.05) is 6.92 Å².